The summed E-state index contributed by atoms with van der Waals surface area (Å²) in [7, 11) is 0. The topological polar surface area (TPSA) is 64.3 Å². The monoisotopic (exact) mass is 344 g/mol. The van der Waals surface area contributed by atoms with Crippen molar-refractivity contribution in [3.8, 4) is 5.88 Å². The zero-order valence-corrected chi connectivity index (χ0v) is 13.6. The molecular formula is C14H18ClFN4OS. The molecule has 1 aliphatic heterocycles. The number of nitrogens with zero attached hydrogens (tertiary/aromatic N) is 3. The van der Waals surface area contributed by atoms with Crippen molar-refractivity contribution in [3.63, 3.8) is 0 Å². The van der Waals surface area contributed by atoms with Crippen LogP contribution >= 0.6 is 23.7 Å². The first-order chi connectivity index (χ1) is 10.2. The molecule has 5 nitrogen and oxygen atoms in total. The van der Waals surface area contributed by atoms with Crippen LogP contribution in [0.5, 0.6) is 5.88 Å². The van der Waals surface area contributed by atoms with Gasteiger partial charge in [-0.25, -0.2) is 14.4 Å². The van der Waals surface area contributed by atoms with Crippen LogP contribution in [0.2, 0.25) is 0 Å². The third kappa shape index (κ3) is 4.28. The second kappa shape index (κ2) is 7.71. The first-order valence-corrected chi connectivity index (χ1v) is 7.72. The summed E-state index contributed by atoms with van der Waals surface area (Å²) in [6, 6.07) is 2.92. The van der Waals surface area contributed by atoms with Crippen molar-refractivity contribution in [1.82, 2.24) is 14.9 Å². The number of likely N-dealkylation sites (tertiary alicyclic amines) is 1. The molecule has 0 bridgehead atoms. The van der Waals surface area contributed by atoms with Gasteiger partial charge in [-0.2, -0.15) is 0 Å². The number of pyridine rings is 1. The molecule has 22 heavy (non-hydrogen) atoms. The number of hydrogen-bond donors (Lipinski definition) is 1. The number of nitrogens with two attached hydrogens (primary N) is 1. The Hall–Kier alpha value is -1.44. The van der Waals surface area contributed by atoms with E-state index >= 15 is 0 Å². The van der Waals surface area contributed by atoms with Crippen LogP contribution in [-0.4, -0.2) is 34.1 Å². The number of nitrogen functional groups attached to an aromatic ring is 1. The fourth-order valence-electron chi connectivity index (χ4n) is 2.48. The molecule has 3 heterocycles. The Bertz CT molecular complexity index is 612. The van der Waals surface area contributed by atoms with E-state index in [9.17, 15) is 4.39 Å². The van der Waals surface area contributed by atoms with Gasteiger partial charge < -0.3 is 10.5 Å². The third-order valence-electron chi connectivity index (χ3n) is 3.42. The Balaban J connectivity index is 0.00000176. The van der Waals surface area contributed by atoms with E-state index in [0.29, 0.717) is 5.13 Å². The third-order valence-corrected chi connectivity index (χ3v) is 4.23. The molecule has 2 aromatic heterocycles. The molecular weight excluding hydrogens is 327 g/mol. The van der Waals surface area contributed by atoms with E-state index in [4.69, 9.17) is 10.5 Å². The fraction of sp³-hybridized carbons (Fsp3) is 0.429. The Labute approximate surface area is 138 Å². The Morgan fingerprint density at radius 2 is 2.32 bits per heavy atom. The van der Waals surface area contributed by atoms with Gasteiger partial charge >= 0.3 is 0 Å². The van der Waals surface area contributed by atoms with E-state index < -0.39 is 5.82 Å². The molecule has 1 unspecified atom stereocenters. The molecule has 1 aliphatic rings. The number of piperidine rings is 1. The Morgan fingerprint density at radius 3 is 3.05 bits per heavy atom. The maximum atomic E-state index is 13.6. The SMILES string of the molecule is Cl.Nc1ncc(CN2CCCC(Oc3ncccc3F)C2)s1. The van der Waals surface area contributed by atoms with E-state index in [1.807, 2.05) is 6.20 Å². The van der Waals surface area contributed by atoms with Crippen LogP contribution in [0.4, 0.5) is 9.52 Å². The zero-order chi connectivity index (χ0) is 14.7. The van der Waals surface area contributed by atoms with Crippen LogP contribution in [0.3, 0.4) is 0 Å². The van der Waals surface area contributed by atoms with Crippen molar-refractivity contribution < 1.29 is 9.13 Å². The highest BCUT2D eigenvalue weighted by atomic mass is 35.5. The summed E-state index contributed by atoms with van der Waals surface area (Å²) in [6.45, 7) is 2.57. The van der Waals surface area contributed by atoms with E-state index in [-0.39, 0.29) is 24.4 Å². The molecule has 2 aromatic rings. The molecule has 1 atom stereocenters. The second-order valence-electron chi connectivity index (χ2n) is 5.07. The minimum absolute atomic E-state index is 0. The maximum absolute atomic E-state index is 13.6. The highest BCUT2D eigenvalue weighted by molar-refractivity contribution is 7.15. The van der Waals surface area contributed by atoms with Crippen LogP contribution in [0, 0.1) is 5.82 Å². The first-order valence-electron chi connectivity index (χ1n) is 6.90. The van der Waals surface area contributed by atoms with Gasteiger partial charge in [0.05, 0.1) is 0 Å². The summed E-state index contributed by atoms with van der Waals surface area (Å²) < 4.78 is 19.3. The van der Waals surface area contributed by atoms with Crippen LogP contribution in [0.1, 0.15) is 17.7 Å². The zero-order valence-electron chi connectivity index (χ0n) is 11.9. The fourth-order valence-corrected chi connectivity index (χ4v) is 3.21. The van der Waals surface area contributed by atoms with Crippen LogP contribution in [-0.2, 0) is 6.54 Å². The van der Waals surface area contributed by atoms with E-state index in [1.54, 1.807) is 12.3 Å². The highest BCUT2D eigenvalue weighted by Gasteiger charge is 2.23. The van der Waals surface area contributed by atoms with Gasteiger partial charge in [-0.05, 0) is 31.5 Å². The second-order valence-corrected chi connectivity index (χ2v) is 6.22. The van der Waals surface area contributed by atoms with Crippen molar-refractivity contribution in [2.75, 3.05) is 18.8 Å². The van der Waals surface area contributed by atoms with E-state index in [1.165, 1.54) is 17.4 Å². The van der Waals surface area contributed by atoms with Crippen molar-refractivity contribution >= 4 is 28.9 Å². The molecule has 0 spiro atoms. The molecule has 2 N–H and O–H groups in total. The number of halogens is 2. The maximum Gasteiger partial charge on any atom is 0.250 e. The van der Waals surface area contributed by atoms with Crippen molar-refractivity contribution in [2.24, 2.45) is 0 Å². The molecule has 0 aromatic carbocycles. The number of anilines is 1. The predicted molar refractivity (Wildman–Crippen MR) is 86.9 cm³/mol. The number of thiazole rings is 1. The van der Waals surface area contributed by atoms with Gasteiger partial charge in [0.1, 0.15) is 6.10 Å². The summed E-state index contributed by atoms with van der Waals surface area (Å²) in [5.41, 5.74) is 5.64. The highest BCUT2D eigenvalue weighted by Crippen LogP contribution is 2.22. The van der Waals surface area contributed by atoms with Crippen molar-refractivity contribution in [1.29, 1.82) is 0 Å². The van der Waals surface area contributed by atoms with Crippen LogP contribution in [0.25, 0.3) is 0 Å². The Morgan fingerprint density at radius 1 is 1.45 bits per heavy atom. The summed E-state index contributed by atoms with van der Waals surface area (Å²) >= 11 is 1.50. The molecule has 0 radical (unpaired) electrons. The van der Waals surface area contributed by atoms with Gasteiger partial charge in [-0.1, -0.05) is 0 Å². The van der Waals surface area contributed by atoms with Crippen molar-refractivity contribution in [3.05, 3.63) is 35.2 Å². The van der Waals surface area contributed by atoms with Gasteiger partial charge in [0.15, 0.2) is 10.9 Å². The van der Waals surface area contributed by atoms with Gasteiger partial charge in [0.2, 0.25) is 0 Å². The van der Waals surface area contributed by atoms with Gasteiger partial charge in [0.25, 0.3) is 5.88 Å². The van der Waals surface area contributed by atoms with Gasteiger partial charge in [-0.15, -0.1) is 23.7 Å². The minimum atomic E-state index is -0.412. The summed E-state index contributed by atoms with van der Waals surface area (Å²) in [5, 5.41) is 0.588. The lowest BCUT2D eigenvalue weighted by Crippen LogP contribution is -2.40. The number of ether oxygens (including phenoxy) is 1. The lowest BCUT2D eigenvalue weighted by Gasteiger charge is -2.32. The first kappa shape index (κ1) is 16.9. The molecule has 1 saturated heterocycles. The molecule has 0 saturated carbocycles. The summed E-state index contributed by atoms with van der Waals surface area (Å²) in [4.78, 5) is 11.4. The lowest BCUT2D eigenvalue weighted by molar-refractivity contribution is 0.0780. The summed E-state index contributed by atoms with van der Waals surface area (Å²) in [5.74, 6) is -0.323. The quantitative estimate of drug-likeness (QED) is 0.923. The molecule has 120 valence electrons. The van der Waals surface area contributed by atoms with Crippen LogP contribution < -0.4 is 10.5 Å². The van der Waals surface area contributed by atoms with Crippen LogP contribution in [0.15, 0.2) is 24.5 Å². The smallest absolute Gasteiger partial charge is 0.250 e. The van der Waals surface area contributed by atoms with Gasteiger partial charge in [-0.3, -0.25) is 4.90 Å². The molecule has 1 fully saturated rings. The predicted octanol–water partition coefficient (Wildman–Crippen LogP) is 2.72. The number of rotatable bonds is 4. The summed E-state index contributed by atoms with van der Waals surface area (Å²) in [6.07, 6.45) is 5.25. The molecule has 0 aliphatic carbocycles. The van der Waals surface area contributed by atoms with Crippen molar-refractivity contribution in [2.45, 2.75) is 25.5 Å². The normalized spacial score (nSPS) is 18.7. The minimum Gasteiger partial charge on any atom is -0.471 e. The number of aromatic nitrogens is 2. The van der Waals surface area contributed by atoms with E-state index in [0.717, 1.165) is 37.4 Å². The average Bonchev–Trinajstić information content (AvgIpc) is 2.87. The standard InChI is InChI=1S/C14H17FN4OS.ClH/c15-12-4-1-5-17-13(12)20-10-3-2-6-19(8-10)9-11-7-18-14(16)21-11;/h1,4-5,7,10H,2-3,6,8-9H2,(H2,16,18);1H. The lowest BCUT2D eigenvalue weighted by atomic mass is 10.1. The average molecular weight is 345 g/mol. The molecule has 0 amide bonds. The number of hydrogen-bond acceptors (Lipinski definition) is 6. The largest absolute Gasteiger partial charge is 0.471 e. The molecule has 3 rings (SSSR count). The van der Waals surface area contributed by atoms with Gasteiger partial charge in [0, 0.05) is 30.4 Å². The molecule has 8 heteroatoms. The Kier molecular flexibility index (Phi) is 5.93. The van der Waals surface area contributed by atoms with E-state index in [2.05, 4.69) is 14.9 Å².